The predicted molar refractivity (Wildman–Crippen MR) is 133 cm³/mol. The second-order valence-corrected chi connectivity index (χ2v) is 10.6. The van der Waals surface area contributed by atoms with Crippen molar-refractivity contribution in [2.45, 2.75) is 44.4 Å². The summed E-state index contributed by atoms with van der Waals surface area (Å²) in [5.41, 5.74) is 2.53. The van der Waals surface area contributed by atoms with Gasteiger partial charge in [-0.05, 0) is 62.1 Å². The quantitative estimate of drug-likeness (QED) is 0.513. The van der Waals surface area contributed by atoms with Crippen LogP contribution in [0.3, 0.4) is 0 Å². The van der Waals surface area contributed by atoms with Crippen molar-refractivity contribution in [3.63, 3.8) is 0 Å². The number of nitrogens with one attached hydrogen (secondary N) is 2. The summed E-state index contributed by atoms with van der Waals surface area (Å²) in [6.07, 6.45) is 3.80. The van der Waals surface area contributed by atoms with E-state index < -0.39 is 15.6 Å². The summed E-state index contributed by atoms with van der Waals surface area (Å²) in [4.78, 5) is 24.4. The number of anilines is 2. The van der Waals surface area contributed by atoms with Crippen LogP contribution >= 0.6 is 0 Å². The molecule has 34 heavy (non-hydrogen) atoms. The molecule has 0 atom stereocenters. The number of sulfonamides is 1. The standard InChI is InChI=1S/C25H29N3O5S/c1-17-7-8-20(15-23(17)34(31,32)28-11-5-3-4-6-12-28)27-24(29)16-26-19-9-10-21-18(2)13-25(30)33-22(21)14-19/h7-10,13-15,26H,3-6,11-12,16H2,1-2H3,(H,27,29). The molecular formula is C25H29N3O5S. The Morgan fingerprint density at radius 1 is 0.941 bits per heavy atom. The predicted octanol–water partition coefficient (Wildman–Crippen LogP) is 4.03. The van der Waals surface area contributed by atoms with Crippen molar-refractivity contribution in [3.8, 4) is 0 Å². The minimum Gasteiger partial charge on any atom is -0.423 e. The lowest BCUT2D eigenvalue weighted by Gasteiger charge is -2.21. The van der Waals surface area contributed by atoms with Gasteiger partial charge in [0, 0.05) is 42.0 Å². The topological polar surface area (TPSA) is 109 Å². The van der Waals surface area contributed by atoms with Crippen LogP contribution in [-0.2, 0) is 14.8 Å². The van der Waals surface area contributed by atoms with Gasteiger partial charge >= 0.3 is 5.63 Å². The molecule has 1 saturated heterocycles. The Balaban J connectivity index is 1.45. The van der Waals surface area contributed by atoms with Gasteiger partial charge < -0.3 is 15.1 Å². The number of carbonyl (C=O) groups excluding carboxylic acids is 1. The number of aryl methyl sites for hydroxylation is 2. The molecule has 0 radical (unpaired) electrons. The lowest BCUT2D eigenvalue weighted by atomic mass is 10.1. The Hall–Kier alpha value is -3.17. The zero-order valence-corrected chi connectivity index (χ0v) is 20.2. The van der Waals surface area contributed by atoms with Crippen molar-refractivity contribution >= 4 is 38.3 Å². The Labute approximate surface area is 199 Å². The third-order valence-electron chi connectivity index (χ3n) is 6.06. The van der Waals surface area contributed by atoms with Crippen LogP contribution in [0, 0.1) is 13.8 Å². The van der Waals surface area contributed by atoms with Crippen LogP contribution < -0.4 is 16.3 Å². The summed E-state index contributed by atoms with van der Waals surface area (Å²) in [6.45, 7) is 4.60. The number of amides is 1. The van der Waals surface area contributed by atoms with Crippen LogP contribution in [0.1, 0.15) is 36.8 Å². The van der Waals surface area contributed by atoms with Crippen molar-refractivity contribution in [3.05, 3.63) is 64.0 Å². The minimum atomic E-state index is -3.63. The Morgan fingerprint density at radius 3 is 2.38 bits per heavy atom. The van der Waals surface area contributed by atoms with Crippen molar-refractivity contribution < 1.29 is 17.6 Å². The second-order valence-electron chi connectivity index (χ2n) is 8.66. The molecule has 8 nitrogen and oxygen atoms in total. The molecular weight excluding hydrogens is 454 g/mol. The van der Waals surface area contributed by atoms with Gasteiger partial charge in [-0.2, -0.15) is 4.31 Å². The largest absolute Gasteiger partial charge is 0.423 e. The van der Waals surface area contributed by atoms with Gasteiger partial charge in [-0.25, -0.2) is 13.2 Å². The fourth-order valence-corrected chi connectivity index (χ4v) is 5.97. The molecule has 180 valence electrons. The van der Waals surface area contributed by atoms with Gasteiger partial charge in [0.05, 0.1) is 11.4 Å². The third-order valence-corrected chi connectivity index (χ3v) is 8.10. The molecule has 1 aromatic heterocycles. The number of fused-ring (bicyclic) bond motifs is 1. The minimum absolute atomic E-state index is 0.0381. The molecule has 0 unspecified atom stereocenters. The molecule has 0 spiro atoms. The molecule has 0 bridgehead atoms. The molecule has 2 N–H and O–H groups in total. The first-order valence-electron chi connectivity index (χ1n) is 11.4. The first-order chi connectivity index (χ1) is 16.2. The van der Waals surface area contributed by atoms with E-state index in [-0.39, 0.29) is 17.3 Å². The number of carbonyl (C=O) groups is 1. The van der Waals surface area contributed by atoms with Gasteiger partial charge in [-0.15, -0.1) is 0 Å². The van der Waals surface area contributed by atoms with E-state index in [9.17, 15) is 18.0 Å². The maximum absolute atomic E-state index is 13.2. The highest BCUT2D eigenvalue weighted by Gasteiger charge is 2.27. The number of hydrogen-bond donors (Lipinski definition) is 2. The number of nitrogens with zero attached hydrogens (tertiary/aromatic N) is 1. The van der Waals surface area contributed by atoms with Gasteiger partial charge in [0.1, 0.15) is 5.58 Å². The highest BCUT2D eigenvalue weighted by atomic mass is 32.2. The van der Waals surface area contributed by atoms with E-state index in [2.05, 4.69) is 10.6 Å². The first-order valence-corrected chi connectivity index (χ1v) is 12.9. The lowest BCUT2D eigenvalue weighted by molar-refractivity contribution is -0.114. The van der Waals surface area contributed by atoms with E-state index in [1.165, 1.54) is 12.1 Å². The van der Waals surface area contributed by atoms with Crippen molar-refractivity contribution in [2.75, 3.05) is 30.3 Å². The van der Waals surface area contributed by atoms with Crippen molar-refractivity contribution in [1.82, 2.24) is 4.31 Å². The number of benzene rings is 2. The maximum Gasteiger partial charge on any atom is 0.336 e. The summed E-state index contributed by atoms with van der Waals surface area (Å²) in [5, 5.41) is 6.60. The smallest absolute Gasteiger partial charge is 0.336 e. The van der Waals surface area contributed by atoms with Crippen molar-refractivity contribution in [1.29, 1.82) is 0 Å². The zero-order chi connectivity index (χ0) is 24.3. The summed E-state index contributed by atoms with van der Waals surface area (Å²) in [5.74, 6) is -0.326. The third kappa shape index (κ3) is 5.31. The van der Waals surface area contributed by atoms with Gasteiger partial charge in [-0.1, -0.05) is 18.9 Å². The molecule has 1 fully saturated rings. The van der Waals surface area contributed by atoms with E-state index in [4.69, 9.17) is 4.42 Å². The molecule has 9 heteroatoms. The van der Waals surface area contributed by atoms with Crippen LogP contribution in [0.4, 0.5) is 11.4 Å². The summed E-state index contributed by atoms with van der Waals surface area (Å²) in [6, 6.07) is 11.7. The molecule has 4 rings (SSSR count). The molecule has 0 saturated carbocycles. The highest BCUT2D eigenvalue weighted by molar-refractivity contribution is 7.89. The lowest BCUT2D eigenvalue weighted by Crippen LogP contribution is -2.32. The Bertz CT molecular complexity index is 1370. The molecule has 1 amide bonds. The van der Waals surface area contributed by atoms with E-state index in [0.717, 1.165) is 36.6 Å². The number of rotatable bonds is 6. The van der Waals surface area contributed by atoms with Gasteiger partial charge in [0.15, 0.2) is 0 Å². The van der Waals surface area contributed by atoms with E-state index >= 15 is 0 Å². The molecule has 2 aromatic carbocycles. The number of hydrogen-bond acceptors (Lipinski definition) is 6. The van der Waals surface area contributed by atoms with Crippen LogP contribution in [-0.4, -0.2) is 38.3 Å². The maximum atomic E-state index is 13.2. The van der Waals surface area contributed by atoms with Crippen molar-refractivity contribution in [2.24, 2.45) is 0 Å². The molecule has 2 heterocycles. The normalized spacial score (nSPS) is 15.1. The molecule has 0 aliphatic carbocycles. The van der Waals surface area contributed by atoms with Gasteiger partial charge in [-0.3, -0.25) is 4.79 Å². The summed E-state index contributed by atoms with van der Waals surface area (Å²) < 4.78 is 33.3. The van der Waals surface area contributed by atoms with Crippen LogP contribution in [0.15, 0.2) is 56.6 Å². The highest BCUT2D eigenvalue weighted by Crippen LogP contribution is 2.26. The van der Waals surface area contributed by atoms with E-state index in [0.29, 0.717) is 35.6 Å². The molecule has 1 aliphatic rings. The van der Waals surface area contributed by atoms with Gasteiger partial charge in [0.2, 0.25) is 15.9 Å². The monoisotopic (exact) mass is 483 g/mol. The van der Waals surface area contributed by atoms with Gasteiger partial charge in [0.25, 0.3) is 0 Å². The van der Waals surface area contributed by atoms with E-state index in [1.54, 1.807) is 35.5 Å². The average molecular weight is 484 g/mol. The average Bonchev–Trinajstić information content (AvgIpc) is 3.09. The summed E-state index contributed by atoms with van der Waals surface area (Å²) in [7, 11) is -3.63. The van der Waals surface area contributed by atoms with E-state index in [1.807, 2.05) is 13.0 Å². The van der Waals surface area contributed by atoms with Crippen LogP contribution in [0.2, 0.25) is 0 Å². The van der Waals surface area contributed by atoms with Crippen LogP contribution in [0.25, 0.3) is 11.0 Å². The zero-order valence-electron chi connectivity index (χ0n) is 19.4. The van der Waals surface area contributed by atoms with Crippen LogP contribution in [0.5, 0.6) is 0 Å². The second kappa shape index (κ2) is 9.99. The Kier molecular flexibility index (Phi) is 7.04. The fourth-order valence-electron chi connectivity index (χ4n) is 4.20. The fraction of sp³-hybridized carbons (Fsp3) is 0.360. The molecule has 3 aromatic rings. The first kappa shape index (κ1) is 24.0. The SMILES string of the molecule is Cc1ccc(NC(=O)CNc2ccc3c(C)cc(=O)oc3c2)cc1S(=O)(=O)N1CCCCCC1. The summed E-state index contributed by atoms with van der Waals surface area (Å²) >= 11 is 0. The Morgan fingerprint density at radius 2 is 1.65 bits per heavy atom. The molecule has 1 aliphatic heterocycles.